The third-order valence-corrected chi connectivity index (χ3v) is 4.18. The van der Waals surface area contributed by atoms with Crippen LogP contribution in [0.15, 0.2) is 42.5 Å². The predicted octanol–water partition coefficient (Wildman–Crippen LogP) is 2.56. The van der Waals surface area contributed by atoms with E-state index in [2.05, 4.69) is 5.32 Å². The summed E-state index contributed by atoms with van der Waals surface area (Å²) in [5.41, 5.74) is 1.77. The van der Waals surface area contributed by atoms with Gasteiger partial charge in [0.05, 0.1) is 6.42 Å². The van der Waals surface area contributed by atoms with Crippen LogP contribution < -0.4 is 14.8 Å². The van der Waals surface area contributed by atoms with Crippen LogP contribution in [0.4, 0.5) is 0 Å². The summed E-state index contributed by atoms with van der Waals surface area (Å²) in [6, 6.07) is 12.7. The van der Waals surface area contributed by atoms with Gasteiger partial charge in [0.2, 0.25) is 0 Å². The lowest BCUT2D eigenvalue weighted by atomic mass is 10.1. The second-order valence-corrected chi connectivity index (χ2v) is 6.48. The van der Waals surface area contributed by atoms with Gasteiger partial charge in [0.1, 0.15) is 13.2 Å². The summed E-state index contributed by atoms with van der Waals surface area (Å²) >= 11 is 5.92. The molecule has 0 spiro atoms. The van der Waals surface area contributed by atoms with E-state index in [0.29, 0.717) is 42.7 Å². The van der Waals surface area contributed by atoms with Gasteiger partial charge in [0.15, 0.2) is 18.1 Å². The van der Waals surface area contributed by atoms with Crippen molar-refractivity contribution in [3.8, 4) is 11.5 Å². The normalized spacial score (nSPS) is 12.3. The number of fused-ring (bicyclic) bond motifs is 1. The van der Waals surface area contributed by atoms with Crippen LogP contribution in [0.3, 0.4) is 0 Å². The van der Waals surface area contributed by atoms with Crippen molar-refractivity contribution >= 4 is 23.5 Å². The van der Waals surface area contributed by atoms with E-state index in [1.807, 2.05) is 18.2 Å². The zero-order valence-corrected chi connectivity index (χ0v) is 15.5. The molecule has 0 aliphatic carbocycles. The number of amides is 1. The highest BCUT2D eigenvalue weighted by Gasteiger charge is 2.14. The van der Waals surface area contributed by atoms with Gasteiger partial charge in [-0.15, -0.1) is 0 Å². The third-order valence-electron chi connectivity index (χ3n) is 3.94. The van der Waals surface area contributed by atoms with Gasteiger partial charge in [-0.3, -0.25) is 9.59 Å². The molecule has 2 aromatic rings. The van der Waals surface area contributed by atoms with Crippen molar-refractivity contribution in [2.24, 2.45) is 0 Å². The van der Waals surface area contributed by atoms with E-state index >= 15 is 0 Å². The summed E-state index contributed by atoms with van der Waals surface area (Å²) in [7, 11) is 0. The molecule has 142 valence electrons. The molecule has 27 heavy (non-hydrogen) atoms. The van der Waals surface area contributed by atoms with Crippen molar-refractivity contribution in [2.75, 3.05) is 26.4 Å². The average molecular weight is 390 g/mol. The Balaban J connectivity index is 1.38. The Morgan fingerprint density at radius 2 is 1.85 bits per heavy atom. The summed E-state index contributed by atoms with van der Waals surface area (Å²) in [6.45, 7) is 1.13. The van der Waals surface area contributed by atoms with Crippen LogP contribution in [-0.2, 0) is 27.2 Å². The first-order valence-electron chi connectivity index (χ1n) is 8.65. The van der Waals surface area contributed by atoms with Crippen molar-refractivity contribution in [1.29, 1.82) is 0 Å². The summed E-state index contributed by atoms with van der Waals surface area (Å²) in [4.78, 5) is 23.7. The molecule has 0 saturated heterocycles. The average Bonchev–Trinajstić information content (AvgIpc) is 2.66. The molecule has 0 fully saturated rings. The van der Waals surface area contributed by atoms with Crippen molar-refractivity contribution < 1.29 is 23.8 Å². The minimum Gasteiger partial charge on any atom is -0.486 e. The number of esters is 1. The molecule has 0 atom stereocenters. The molecular weight excluding hydrogens is 370 g/mol. The van der Waals surface area contributed by atoms with Crippen molar-refractivity contribution in [2.45, 2.75) is 12.8 Å². The van der Waals surface area contributed by atoms with Gasteiger partial charge in [-0.05, 0) is 41.8 Å². The first-order valence-corrected chi connectivity index (χ1v) is 9.03. The predicted molar refractivity (Wildman–Crippen MR) is 100 cm³/mol. The molecule has 1 aliphatic rings. The van der Waals surface area contributed by atoms with E-state index < -0.39 is 5.97 Å². The van der Waals surface area contributed by atoms with Crippen LogP contribution in [0.25, 0.3) is 0 Å². The topological polar surface area (TPSA) is 73.9 Å². The molecule has 0 unspecified atom stereocenters. The van der Waals surface area contributed by atoms with E-state index in [1.54, 1.807) is 24.3 Å². The van der Waals surface area contributed by atoms with Crippen LogP contribution in [0.5, 0.6) is 11.5 Å². The molecule has 7 heteroatoms. The van der Waals surface area contributed by atoms with Gasteiger partial charge in [0.25, 0.3) is 5.91 Å². The lowest BCUT2D eigenvalue weighted by molar-refractivity contribution is -0.147. The van der Waals surface area contributed by atoms with Crippen molar-refractivity contribution in [3.05, 3.63) is 58.6 Å². The zero-order chi connectivity index (χ0) is 19.1. The minimum atomic E-state index is -0.475. The lowest BCUT2D eigenvalue weighted by Crippen LogP contribution is -2.30. The Bertz CT molecular complexity index is 824. The molecule has 3 rings (SSSR count). The number of halogens is 1. The number of rotatable bonds is 7. The van der Waals surface area contributed by atoms with Gasteiger partial charge >= 0.3 is 5.97 Å². The molecule has 6 nitrogen and oxygen atoms in total. The van der Waals surface area contributed by atoms with E-state index in [1.165, 1.54) is 0 Å². The van der Waals surface area contributed by atoms with E-state index in [-0.39, 0.29) is 18.9 Å². The third kappa shape index (κ3) is 5.89. The summed E-state index contributed by atoms with van der Waals surface area (Å²) < 4.78 is 15.9. The van der Waals surface area contributed by atoms with E-state index in [0.717, 1.165) is 11.1 Å². The molecule has 0 radical (unpaired) electrons. The first kappa shape index (κ1) is 19.0. The molecule has 0 aromatic heterocycles. The van der Waals surface area contributed by atoms with Crippen molar-refractivity contribution in [1.82, 2.24) is 5.32 Å². The standard InChI is InChI=1S/C20H20ClNO5/c21-16-3-1-2-14(10-16)6-7-22-19(23)13-27-20(24)12-15-4-5-17-18(11-15)26-9-8-25-17/h1-5,10-11H,6-9,12-13H2,(H,22,23). The molecule has 1 N–H and O–H groups in total. The van der Waals surface area contributed by atoms with Crippen molar-refractivity contribution in [3.63, 3.8) is 0 Å². The number of ether oxygens (including phenoxy) is 3. The quantitative estimate of drug-likeness (QED) is 0.737. The molecule has 1 heterocycles. The molecular formula is C20H20ClNO5. The van der Waals surface area contributed by atoms with Gasteiger partial charge in [-0.25, -0.2) is 0 Å². The molecule has 1 amide bonds. The Morgan fingerprint density at radius 1 is 1.04 bits per heavy atom. The first-order chi connectivity index (χ1) is 13.1. The number of benzene rings is 2. The van der Waals surface area contributed by atoms with Crippen LogP contribution in [0.1, 0.15) is 11.1 Å². The van der Waals surface area contributed by atoms with E-state index in [9.17, 15) is 9.59 Å². The second kappa shape index (κ2) is 9.28. The zero-order valence-electron chi connectivity index (χ0n) is 14.7. The van der Waals surface area contributed by atoms with E-state index in [4.69, 9.17) is 25.8 Å². The lowest BCUT2D eigenvalue weighted by Gasteiger charge is -2.18. The van der Waals surface area contributed by atoms with Gasteiger partial charge in [-0.1, -0.05) is 29.8 Å². The fourth-order valence-electron chi connectivity index (χ4n) is 2.65. The number of nitrogens with one attached hydrogen (secondary N) is 1. The van der Waals surface area contributed by atoms with Crippen LogP contribution in [-0.4, -0.2) is 38.2 Å². The number of hydrogen-bond acceptors (Lipinski definition) is 5. The SMILES string of the molecule is O=C(COC(=O)Cc1ccc2c(c1)OCCO2)NCCc1cccc(Cl)c1. The second-order valence-electron chi connectivity index (χ2n) is 6.05. The highest BCUT2D eigenvalue weighted by atomic mass is 35.5. The maximum atomic E-state index is 11.9. The Labute approximate surface area is 162 Å². The maximum Gasteiger partial charge on any atom is 0.310 e. The number of carbonyl (C=O) groups excluding carboxylic acids is 2. The summed E-state index contributed by atoms with van der Waals surface area (Å²) in [5, 5.41) is 3.37. The molecule has 0 bridgehead atoms. The van der Waals surface area contributed by atoms with Crippen LogP contribution >= 0.6 is 11.6 Å². The van der Waals surface area contributed by atoms with Gasteiger partial charge in [0, 0.05) is 11.6 Å². The monoisotopic (exact) mass is 389 g/mol. The summed E-state index contributed by atoms with van der Waals surface area (Å²) in [5.74, 6) is 0.465. The fraction of sp³-hybridized carbons (Fsp3) is 0.300. The van der Waals surface area contributed by atoms with Crippen LogP contribution in [0, 0.1) is 0 Å². The van der Waals surface area contributed by atoms with Crippen LogP contribution in [0.2, 0.25) is 5.02 Å². The largest absolute Gasteiger partial charge is 0.486 e. The van der Waals surface area contributed by atoms with Gasteiger partial charge in [-0.2, -0.15) is 0 Å². The Hall–Kier alpha value is -2.73. The fourth-order valence-corrected chi connectivity index (χ4v) is 2.86. The van der Waals surface area contributed by atoms with Gasteiger partial charge < -0.3 is 19.5 Å². The summed E-state index contributed by atoms with van der Waals surface area (Å²) in [6.07, 6.45) is 0.712. The molecule has 1 aliphatic heterocycles. The minimum absolute atomic E-state index is 0.0619. The smallest absolute Gasteiger partial charge is 0.310 e. The Kier molecular flexibility index (Phi) is 6.54. The Morgan fingerprint density at radius 3 is 2.67 bits per heavy atom. The molecule has 0 saturated carbocycles. The molecule has 2 aromatic carbocycles. The maximum absolute atomic E-state index is 11.9. The number of hydrogen-bond donors (Lipinski definition) is 1. The highest BCUT2D eigenvalue weighted by Crippen LogP contribution is 2.30. The highest BCUT2D eigenvalue weighted by molar-refractivity contribution is 6.30. The number of carbonyl (C=O) groups is 2.